The zero-order chi connectivity index (χ0) is 23.0. The summed E-state index contributed by atoms with van der Waals surface area (Å²) < 4.78 is 5.26. The van der Waals surface area contributed by atoms with Crippen molar-refractivity contribution in [1.82, 2.24) is 26.0 Å². The van der Waals surface area contributed by atoms with E-state index in [1.54, 1.807) is 25.3 Å². The summed E-state index contributed by atoms with van der Waals surface area (Å²) in [5, 5.41) is 27.8. The number of rotatable bonds is 10. The fourth-order valence-corrected chi connectivity index (χ4v) is 3.67. The molecule has 33 heavy (non-hydrogen) atoms. The average Bonchev–Trinajstić information content (AvgIpc) is 3.32. The second kappa shape index (κ2) is 10.7. The molecule has 1 amide bonds. The average molecular weight is 446 g/mol. The second-order valence-electron chi connectivity index (χ2n) is 7.85. The van der Waals surface area contributed by atoms with Gasteiger partial charge in [-0.3, -0.25) is 4.79 Å². The Morgan fingerprint density at radius 2 is 1.79 bits per heavy atom. The molecular formula is C25H27N5O3. The second-order valence-corrected chi connectivity index (χ2v) is 7.85. The number of carbonyl (C=O) groups is 1. The van der Waals surface area contributed by atoms with Gasteiger partial charge >= 0.3 is 0 Å². The fourth-order valence-electron chi connectivity index (χ4n) is 3.67. The van der Waals surface area contributed by atoms with E-state index in [4.69, 9.17) is 4.74 Å². The molecule has 0 saturated carbocycles. The third kappa shape index (κ3) is 5.94. The standard InChI is InChI=1S/C25H27N5O3/c1-33-20-9-5-8-18(12-20)15-26-16-24(31)23(13-17-6-3-2-4-7-17)27-25(32)19-10-11-21-22(14-19)29-30-28-21/h2-12,14,23-24,26,31H,13,15-16H2,1H3,(H,27,32)(H,28,29,30)/t23-,24?/m0/s1. The van der Waals surface area contributed by atoms with E-state index in [0.29, 0.717) is 36.1 Å². The van der Waals surface area contributed by atoms with E-state index in [9.17, 15) is 9.90 Å². The number of ether oxygens (including phenoxy) is 1. The number of hydrogen-bond donors (Lipinski definition) is 4. The van der Waals surface area contributed by atoms with Gasteiger partial charge in [-0.2, -0.15) is 15.4 Å². The van der Waals surface area contributed by atoms with Gasteiger partial charge in [0.05, 0.1) is 19.3 Å². The van der Waals surface area contributed by atoms with E-state index < -0.39 is 12.1 Å². The van der Waals surface area contributed by atoms with Crippen molar-refractivity contribution in [2.24, 2.45) is 0 Å². The summed E-state index contributed by atoms with van der Waals surface area (Å²) in [4.78, 5) is 13.0. The topological polar surface area (TPSA) is 112 Å². The van der Waals surface area contributed by atoms with Crippen LogP contribution in [-0.2, 0) is 13.0 Å². The monoisotopic (exact) mass is 445 g/mol. The Labute approximate surface area is 192 Å². The number of nitrogens with zero attached hydrogens (tertiary/aromatic N) is 2. The van der Waals surface area contributed by atoms with Crippen LogP contribution in [0.3, 0.4) is 0 Å². The Balaban J connectivity index is 1.43. The Morgan fingerprint density at radius 3 is 2.61 bits per heavy atom. The van der Waals surface area contributed by atoms with E-state index in [2.05, 4.69) is 26.0 Å². The number of carbonyl (C=O) groups excluding carboxylic acids is 1. The van der Waals surface area contributed by atoms with E-state index in [1.807, 2.05) is 54.6 Å². The lowest BCUT2D eigenvalue weighted by atomic mass is 10.00. The molecule has 0 spiro atoms. The van der Waals surface area contributed by atoms with Gasteiger partial charge in [-0.1, -0.05) is 42.5 Å². The molecule has 4 aromatic rings. The maximum absolute atomic E-state index is 13.0. The number of hydrogen-bond acceptors (Lipinski definition) is 6. The first-order valence-electron chi connectivity index (χ1n) is 10.8. The van der Waals surface area contributed by atoms with E-state index in [1.165, 1.54) is 0 Å². The first-order chi connectivity index (χ1) is 16.1. The highest BCUT2D eigenvalue weighted by Crippen LogP contribution is 2.14. The minimum absolute atomic E-state index is 0.271. The number of amides is 1. The molecule has 4 N–H and O–H groups in total. The zero-order valence-corrected chi connectivity index (χ0v) is 18.4. The predicted octanol–water partition coefficient (Wildman–Crippen LogP) is 2.46. The lowest BCUT2D eigenvalue weighted by molar-refractivity contribution is 0.0830. The summed E-state index contributed by atoms with van der Waals surface area (Å²) in [6, 6.07) is 22.2. The summed E-state index contributed by atoms with van der Waals surface area (Å²) in [6.07, 6.45) is -0.295. The smallest absolute Gasteiger partial charge is 0.251 e. The van der Waals surface area contributed by atoms with Crippen molar-refractivity contribution in [3.8, 4) is 5.75 Å². The van der Waals surface area contributed by atoms with Crippen LogP contribution < -0.4 is 15.4 Å². The highest BCUT2D eigenvalue weighted by atomic mass is 16.5. The zero-order valence-electron chi connectivity index (χ0n) is 18.4. The SMILES string of the molecule is COc1cccc(CNCC(O)[C@H](Cc2ccccc2)NC(=O)c2ccc3n[nH]nc3c2)c1. The molecule has 0 aliphatic carbocycles. The number of fused-ring (bicyclic) bond motifs is 1. The van der Waals surface area contributed by atoms with Gasteiger partial charge in [0.25, 0.3) is 5.91 Å². The number of aromatic amines is 1. The largest absolute Gasteiger partial charge is 0.497 e. The number of nitrogens with one attached hydrogen (secondary N) is 3. The Bertz CT molecular complexity index is 1190. The van der Waals surface area contributed by atoms with Crippen molar-refractivity contribution in [3.05, 3.63) is 89.5 Å². The number of benzene rings is 3. The molecule has 0 aliphatic heterocycles. The maximum atomic E-state index is 13.0. The molecule has 0 aliphatic rings. The summed E-state index contributed by atoms with van der Waals surface area (Å²) in [7, 11) is 1.63. The maximum Gasteiger partial charge on any atom is 0.251 e. The van der Waals surface area contributed by atoms with Crippen LogP contribution in [-0.4, -0.2) is 52.2 Å². The lowest BCUT2D eigenvalue weighted by Crippen LogP contribution is -2.48. The Morgan fingerprint density at radius 1 is 1.00 bits per heavy atom. The van der Waals surface area contributed by atoms with Crippen LogP contribution >= 0.6 is 0 Å². The van der Waals surface area contributed by atoms with Gasteiger partial charge in [0.2, 0.25) is 0 Å². The summed E-state index contributed by atoms with van der Waals surface area (Å²) in [6.45, 7) is 0.889. The van der Waals surface area contributed by atoms with Gasteiger partial charge in [0, 0.05) is 18.7 Å². The minimum atomic E-state index is -0.796. The Kier molecular flexibility index (Phi) is 7.29. The van der Waals surface area contributed by atoms with Gasteiger partial charge < -0.3 is 20.5 Å². The molecule has 1 aromatic heterocycles. The van der Waals surface area contributed by atoms with Gasteiger partial charge in [-0.05, 0) is 47.9 Å². The van der Waals surface area contributed by atoms with E-state index in [-0.39, 0.29) is 5.91 Å². The van der Waals surface area contributed by atoms with Gasteiger partial charge in [0.1, 0.15) is 16.8 Å². The molecule has 3 aromatic carbocycles. The molecule has 0 bridgehead atoms. The van der Waals surface area contributed by atoms with Crippen molar-refractivity contribution in [3.63, 3.8) is 0 Å². The molecule has 8 nitrogen and oxygen atoms in total. The molecule has 0 radical (unpaired) electrons. The molecule has 1 unspecified atom stereocenters. The van der Waals surface area contributed by atoms with Gasteiger partial charge in [-0.15, -0.1) is 0 Å². The van der Waals surface area contributed by atoms with Crippen molar-refractivity contribution >= 4 is 16.9 Å². The highest BCUT2D eigenvalue weighted by molar-refractivity contribution is 5.97. The summed E-state index contributed by atoms with van der Waals surface area (Å²) in [5.74, 6) is 0.515. The molecule has 0 saturated heterocycles. The van der Waals surface area contributed by atoms with Crippen molar-refractivity contribution < 1.29 is 14.6 Å². The van der Waals surface area contributed by atoms with Crippen LogP contribution in [0.2, 0.25) is 0 Å². The van der Waals surface area contributed by atoms with Crippen LogP contribution in [0.5, 0.6) is 5.75 Å². The van der Waals surface area contributed by atoms with Crippen molar-refractivity contribution in [2.45, 2.75) is 25.1 Å². The number of aliphatic hydroxyl groups excluding tert-OH is 1. The predicted molar refractivity (Wildman–Crippen MR) is 126 cm³/mol. The van der Waals surface area contributed by atoms with E-state index >= 15 is 0 Å². The van der Waals surface area contributed by atoms with E-state index in [0.717, 1.165) is 16.9 Å². The quantitative estimate of drug-likeness (QED) is 0.298. The molecule has 2 atom stereocenters. The van der Waals surface area contributed by atoms with Crippen LogP contribution in [0.4, 0.5) is 0 Å². The van der Waals surface area contributed by atoms with Crippen molar-refractivity contribution in [1.29, 1.82) is 0 Å². The molecule has 170 valence electrons. The van der Waals surface area contributed by atoms with Gasteiger partial charge in [0.15, 0.2) is 0 Å². The molecular weight excluding hydrogens is 418 g/mol. The lowest BCUT2D eigenvalue weighted by Gasteiger charge is -2.25. The molecule has 1 heterocycles. The van der Waals surface area contributed by atoms with Crippen LogP contribution in [0.25, 0.3) is 11.0 Å². The van der Waals surface area contributed by atoms with Crippen molar-refractivity contribution in [2.75, 3.05) is 13.7 Å². The highest BCUT2D eigenvalue weighted by Gasteiger charge is 2.22. The summed E-state index contributed by atoms with van der Waals surface area (Å²) in [5.41, 5.74) is 3.84. The molecule has 8 heteroatoms. The third-order valence-electron chi connectivity index (χ3n) is 5.47. The summed E-state index contributed by atoms with van der Waals surface area (Å²) >= 11 is 0. The molecule has 4 rings (SSSR count). The fraction of sp³-hybridized carbons (Fsp3) is 0.240. The molecule has 0 fully saturated rings. The van der Waals surface area contributed by atoms with Gasteiger partial charge in [-0.25, -0.2) is 0 Å². The number of aliphatic hydroxyl groups is 1. The third-order valence-corrected chi connectivity index (χ3v) is 5.47. The van der Waals surface area contributed by atoms with Crippen LogP contribution in [0.1, 0.15) is 21.5 Å². The normalized spacial score (nSPS) is 12.9. The van der Waals surface area contributed by atoms with Crippen LogP contribution in [0.15, 0.2) is 72.8 Å². The number of H-pyrrole nitrogens is 1. The number of methoxy groups -OCH3 is 1. The minimum Gasteiger partial charge on any atom is -0.497 e. The Hall–Kier alpha value is -3.75. The van der Waals surface area contributed by atoms with Crippen LogP contribution in [0, 0.1) is 0 Å². The first-order valence-corrected chi connectivity index (χ1v) is 10.8. The first kappa shape index (κ1) is 22.4. The number of aromatic nitrogens is 3.